The third-order valence-electron chi connectivity index (χ3n) is 2.99. The number of pyridine rings is 2. The summed E-state index contributed by atoms with van der Waals surface area (Å²) in [4.78, 5) is 9.07. The second-order valence-electron chi connectivity index (χ2n) is 4.12. The van der Waals surface area contributed by atoms with Crippen molar-refractivity contribution in [3.8, 4) is 0 Å². The summed E-state index contributed by atoms with van der Waals surface area (Å²) in [5.41, 5.74) is 3.06. The highest BCUT2D eigenvalue weighted by molar-refractivity contribution is 6.03. The molecule has 0 unspecified atom stereocenters. The Bertz CT molecular complexity index is 704. The zero-order valence-corrected chi connectivity index (χ0v) is 9.86. The highest BCUT2D eigenvalue weighted by Crippen LogP contribution is 2.25. The van der Waals surface area contributed by atoms with Gasteiger partial charge in [-0.25, -0.2) is 4.98 Å². The summed E-state index contributed by atoms with van der Waals surface area (Å²) in [6.45, 7) is 2.06. The van der Waals surface area contributed by atoms with Gasteiger partial charge in [-0.2, -0.15) is 0 Å². The van der Waals surface area contributed by atoms with Crippen LogP contribution in [0.2, 0.25) is 0 Å². The van der Waals surface area contributed by atoms with E-state index in [1.807, 2.05) is 19.3 Å². The third kappa shape index (κ3) is 1.51. The lowest BCUT2D eigenvalue weighted by atomic mass is 10.1. The smallest absolute Gasteiger partial charge is 0.129 e. The number of nitrogens with one attached hydrogen (secondary N) is 1. The van der Waals surface area contributed by atoms with Crippen LogP contribution >= 0.6 is 0 Å². The summed E-state index contributed by atoms with van der Waals surface area (Å²) in [5.74, 6) is 0.913. The van der Waals surface area contributed by atoms with Crippen LogP contribution in [0.3, 0.4) is 0 Å². The number of hydrogen-bond acceptors (Lipinski definition) is 3. The van der Waals surface area contributed by atoms with E-state index >= 15 is 0 Å². The van der Waals surface area contributed by atoms with Gasteiger partial charge in [-0.05, 0) is 24.6 Å². The van der Waals surface area contributed by atoms with E-state index in [-0.39, 0.29) is 0 Å². The minimum atomic E-state index is 0.913. The fourth-order valence-corrected chi connectivity index (χ4v) is 2.13. The van der Waals surface area contributed by atoms with Gasteiger partial charge in [0.2, 0.25) is 0 Å². The Morgan fingerprint density at radius 3 is 2.71 bits per heavy atom. The fraction of sp³-hybridized carbons (Fsp3) is 0.143. The molecule has 1 aromatic carbocycles. The van der Waals surface area contributed by atoms with Crippen molar-refractivity contribution in [1.29, 1.82) is 0 Å². The van der Waals surface area contributed by atoms with E-state index in [1.54, 1.807) is 0 Å². The van der Waals surface area contributed by atoms with Gasteiger partial charge in [0.25, 0.3) is 0 Å². The van der Waals surface area contributed by atoms with Crippen LogP contribution in [-0.4, -0.2) is 17.0 Å². The molecule has 0 aliphatic rings. The van der Waals surface area contributed by atoms with Crippen LogP contribution in [0.5, 0.6) is 0 Å². The summed E-state index contributed by atoms with van der Waals surface area (Å²) >= 11 is 0. The van der Waals surface area contributed by atoms with Gasteiger partial charge in [-0.15, -0.1) is 0 Å². The first kappa shape index (κ1) is 10.0. The van der Waals surface area contributed by atoms with E-state index in [0.29, 0.717) is 0 Å². The number of aryl methyl sites for hydroxylation is 1. The quantitative estimate of drug-likeness (QED) is 0.644. The van der Waals surface area contributed by atoms with Gasteiger partial charge in [-0.1, -0.05) is 18.2 Å². The van der Waals surface area contributed by atoms with Gasteiger partial charge < -0.3 is 5.32 Å². The number of rotatable bonds is 1. The van der Waals surface area contributed by atoms with Crippen LogP contribution in [0.4, 0.5) is 5.82 Å². The molecule has 3 heteroatoms. The second kappa shape index (κ2) is 3.70. The first-order valence-electron chi connectivity index (χ1n) is 5.62. The average Bonchev–Trinajstić information content (AvgIpc) is 2.37. The predicted octanol–water partition coefficient (Wildman–Crippen LogP) is 3.13. The van der Waals surface area contributed by atoms with E-state index in [2.05, 4.69) is 46.5 Å². The lowest BCUT2D eigenvalue weighted by molar-refractivity contribution is 1.28. The van der Waals surface area contributed by atoms with Crippen LogP contribution in [0, 0.1) is 6.92 Å². The highest BCUT2D eigenvalue weighted by Gasteiger charge is 2.06. The first-order valence-corrected chi connectivity index (χ1v) is 5.62. The average molecular weight is 223 g/mol. The van der Waals surface area contributed by atoms with Crippen LogP contribution in [0.1, 0.15) is 5.56 Å². The maximum absolute atomic E-state index is 4.65. The molecule has 2 heterocycles. The lowest BCUT2D eigenvalue weighted by Gasteiger charge is -2.08. The Labute approximate surface area is 99.5 Å². The number of aromatic nitrogens is 2. The van der Waals surface area contributed by atoms with Gasteiger partial charge in [0.05, 0.1) is 11.0 Å². The van der Waals surface area contributed by atoms with Gasteiger partial charge in [0.15, 0.2) is 0 Å². The van der Waals surface area contributed by atoms with Crippen LogP contribution in [-0.2, 0) is 0 Å². The molecule has 0 saturated carbocycles. The molecule has 0 saturated heterocycles. The van der Waals surface area contributed by atoms with Crippen molar-refractivity contribution in [2.45, 2.75) is 6.92 Å². The van der Waals surface area contributed by atoms with Crippen molar-refractivity contribution < 1.29 is 0 Å². The van der Waals surface area contributed by atoms with Crippen LogP contribution in [0.15, 0.2) is 36.5 Å². The maximum Gasteiger partial charge on any atom is 0.129 e. The van der Waals surface area contributed by atoms with Crippen molar-refractivity contribution in [3.05, 3.63) is 42.1 Å². The molecule has 3 nitrogen and oxygen atoms in total. The largest absolute Gasteiger partial charge is 0.373 e. The number of fused-ring (bicyclic) bond motifs is 3. The van der Waals surface area contributed by atoms with Gasteiger partial charge >= 0.3 is 0 Å². The Morgan fingerprint density at radius 1 is 1.06 bits per heavy atom. The normalized spacial score (nSPS) is 10.9. The monoisotopic (exact) mass is 223 g/mol. The number of nitrogens with zero attached hydrogens (tertiary/aromatic N) is 2. The summed E-state index contributed by atoms with van der Waals surface area (Å²) in [6.07, 6.45) is 1.81. The summed E-state index contributed by atoms with van der Waals surface area (Å²) < 4.78 is 0. The van der Waals surface area contributed by atoms with Gasteiger partial charge in [0, 0.05) is 24.0 Å². The second-order valence-corrected chi connectivity index (χ2v) is 4.12. The summed E-state index contributed by atoms with van der Waals surface area (Å²) in [5, 5.41) is 5.37. The minimum absolute atomic E-state index is 0.913. The molecule has 0 aliphatic heterocycles. The molecule has 3 aromatic rings. The molecule has 84 valence electrons. The molecule has 0 fully saturated rings. The lowest BCUT2D eigenvalue weighted by Crippen LogP contribution is -1.96. The SMILES string of the molecule is CNc1nc2c(ccc3cccnc32)cc1C. The minimum Gasteiger partial charge on any atom is -0.373 e. The Balaban J connectivity index is 2.48. The van der Waals surface area contributed by atoms with E-state index in [1.165, 1.54) is 0 Å². The standard InChI is InChI=1S/C14H13N3/c1-9-8-11-6-5-10-4-3-7-16-12(10)13(11)17-14(9)15-2/h3-8H,1-2H3,(H,15,17). The molecule has 0 aliphatic carbocycles. The van der Waals surface area contributed by atoms with Crippen molar-refractivity contribution in [2.24, 2.45) is 0 Å². The van der Waals surface area contributed by atoms with Crippen molar-refractivity contribution in [3.63, 3.8) is 0 Å². The molecule has 0 spiro atoms. The van der Waals surface area contributed by atoms with E-state index in [4.69, 9.17) is 0 Å². The third-order valence-corrected chi connectivity index (χ3v) is 2.99. The van der Waals surface area contributed by atoms with Crippen LogP contribution < -0.4 is 5.32 Å². The zero-order valence-electron chi connectivity index (χ0n) is 9.86. The topological polar surface area (TPSA) is 37.8 Å². The van der Waals surface area contributed by atoms with E-state index < -0.39 is 0 Å². The number of hydrogen-bond donors (Lipinski definition) is 1. The summed E-state index contributed by atoms with van der Waals surface area (Å²) in [6, 6.07) is 10.3. The van der Waals surface area contributed by atoms with Crippen LogP contribution in [0.25, 0.3) is 21.8 Å². The van der Waals surface area contributed by atoms with Gasteiger partial charge in [0.1, 0.15) is 5.82 Å². The van der Waals surface area contributed by atoms with Gasteiger partial charge in [-0.3, -0.25) is 4.98 Å². The first-order chi connectivity index (χ1) is 8.29. The molecule has 1 N–H and O–H groups in total. The number of anilines is 1. The molecule has 0 radical (unpaired) electrons. The Kier molecular flexibility index (Phi) is 2.18. The molecule has 17 heavy (non-hydrogen) atoms. The molecule has 0 bridgehead atoms. The molecule has 0 amide bonds. The van der Waals surface area contributed by atoms with Crippen molar-refractivity contribution >= 4 is 27.6 Å². The molecule has 2 aromatic heterocycles. The molecular weight excluding hydrogens is 210 g/mol. The summed E-state index contributed by atoms with van der Waals surface area (Å²) in [7, 11) is 1.89. The number of benzene rings is 1. The Morgan fingerprint density at radius 2 is 1.88 bits per heavy atom. The maximum atomic E-state index is 4.65. The van der Waals surface area contributed by atoms with Crippen molar-refractivity contribution in [2.75, 3.05) is 12.4 Å². The zero-order chi connectivity index (χ0) is 11.8. The molecular formula is C14H13N3. The Hall–Kier alpha value is -2.16. The van der Waals surface area contributed by atoms with Crippen molar-refractivity contribution in [1.82, 2.24) is 9.97 Å². The fourth-order valence-electron chi connectivity index (χ4n) is 2.13. The predicted molar refractivity (Wildman–Crippen MR) is 71.3 cm³/mol. The van der Waals surface area contributed by atoms with E-state index in [9.17, 15) is 0 Å². The molecule has 0 atom stereocenters. The highest BCUT2D eigenvalue weighted by atomic mass is 15.0. The van der Waals surface area contributed by atoms with E-state index in [0.717, 1.165) is 33.2 Å². The molecule has 3 rings (SSSR count).